The summed E-state index contributed by atoms with van der Waals surface area (Å²) in [6.45, 7) is 5.61. The van der Waals surface area contributed by atoms with E-state index in [1.807, 2.05) is 6.92 Å². The highest BCUT2D eigenvalue weighted by molar-refractivity contribution is 5.97. The minimum absolute atomic E-state index is 0.250. The smallest absolute Gasteiger partial charge is 0.290 e. The van der Waals surface area contributed by atoms with Crippen LogP contribution in [-0.4, -0.2) is 63.9 Å². The van der Waals surface area contributed by atoms with Gasteiger partial charge in [0.05, 0.1) is 5.56 Å². The van der Waals surface area contributed by atoms with Crippen LogP contribution in [0.1, 0.15) is 21.7 Å². The fourth-order valence-corrected chi connectivity index (χ4v) is 2.56. The molecule has 1 saturated heterocycles. The fourth-order valence-electron chi connectivity index (χ4n) is 2.56. The maximum Gasteiger partial charge on any atom is 0.290 e. The predicted octanol–water partition coefficient (Wildman–Crippen LogP) is -0.105. The Kier molecular flexibility index (Phi) is 6.40. The van der Waals surface area contributed by atoms with Gasteiger partial charge in [-0.2, -0.15) is 0 Å². The molecule has 0 spiro atoms. The number of hydrogen-bond donors (Lipinski definition) is 2. The third-order valence-electron chi connectivity index (χ3n) is 3.84. The topological polar surface area (TPSA) is 139 Å². The van der Waals surface area contributed by atoms with Gasteiger partial charge in [-0.3, -0.25) is 14.5 Å². The first-order valence-corrected chi connectivity index (χ1v) is 7.64. The number of carbonyl (C=O) groups is 2. The van der Waals surface area contributed by atoms with E-state index in [0.29, 0.717) is 17.9 Å². The Morgan fingerprint density at radius 3 is 2.60 bits per heavy atom. The zero-order valence-corrected chi connectivity index (χ0v) is 13.8. The average molecular weight is 348 g/mol. The first kappa shape index (κ1) is 18.3. The Labute approximate surface area is 144 Å². The van der Waals surface area contributed by atoms with Gasteiger partial charge in [0.1, 0.15) is 17.2 Å². The quantitative estimate of drug-likeness (QED) is 0.725. The van der Waals surface area contributed by atoms with Crippen LogP contribution in [0.2, 0.25) is 0 Å². The van der Waals surface area contributed by atoms with Crippen LogP contribution in [-0.2, 0) is 11.3 Å². The van der Waals surface area contributed by atoms with E-state index in [1.54, 1.807) is 18.3 Å². The number of amides is 1. The third-order valence-corrected chi connectivity index (χ3v) is 3.84. The fraction of sp³-hybridized carbons (Fsp3) is 0.400. The molecule has 1 aliphatic rings. The van der Waals surface area contributed by atoms with E-state index in [1.165, 1.54) is 0 Å². The molecule has 3 N–H and O–H groups in total. The number of carboxylic acid groups (broad SMARTS) is 1. The van der Waals surface area contributed by atoms with Gasteiger partial charge >= 0.3 is 0 Å². The van der Waals surface area contributed by atoms with Gasteiger partial charge in [-0.1, -0.05) is 10.3 Å². The zero-order valence-electron chi connectivity index (χ0n) is 13.8. The highest BCUT2D eigenvalue weighted by Gasteiger charge is 2.22. The van der Waals surface area contributed by atoms with Crippen molar-refractivity contribution in [2.45, 2.75) is 13.5 Å². The molecule has 0 aromatic carbocycles. The summed E-state index contributed by atoms with van der Waals surface area (Å²) in [4.78, 5) is 28.5. The van der Waals surface area contributed by atoms with E-state index in [0.717, 1.165) is 37.6 Å². The number of aryl methyl sites for hydroxylation is 1. The van der Waals surface area contributed by atoms with Crippen LogP contribution in [0.3, 0.4) is 0 Å². The Hall–Kier alpha value is -3.01. The van der Waals surface area contributed by atoms with Gasteiger partial charge in [-0.25, -0.2) is 9.61 Å². The van der Waals surface area contributed by atoms with Gasteiger partial charge in [0, 0.05) is 38.9 Å². The van der Waals surface area contributed by atoms with Gasteiger partial charge in [0.2, 0.25) is 0 Å². The largest absolute Gasteiger partial charge is 0.483 e. The molecule has 134 valence electrons. The first-order chi connectivity index (χ1) is 12.1. The van der Waals surface area contributed by atoms with Crippen molar-refractivity contribution in [2.75, 3.05) is 31.1 Å². The van der Waals surface area contributed by atoms with Crippen LogP contribution in [0.25, 0.3) is 0 Å². The monoisotopic (exact) mass is 348 g/mol. The lowest BCUT2D eigenvalue weighted by Gasteiger charge is -2.35. The van der Waals surface area contributed by atoms with E-state index >= 15 is 0 Å². The van der Waals surface area contributed by atoms with E-state index < -0.39 is 5.91 Å². The molecular weight excluding hydrogens is 328 g/mol. The number of anilines is 1. The van der Waals surface area contributed by atoms with Gasteiger partial charge in [-0.05, 0) is 19.1 Å². The molecule has 0 aliphatic carbocycles. The Morgan fingerprint density at radius 2 is 2.04 bits per heavy atom. The molecule has 0 atom stereocenters. The summed E-state index contributed by atoms with van der Waals surface area (Å²) in [7, 11) is 0. The summed E-state index contributed by atoms with van der Waals surface area (Å²) in [5.41, 5.74) is 7.57. The van der Waals surface area contributed by atoms with Crippen molar-refractivity contribution >= 4 is 18.2 Å². The molecule has 10 nitrogen and oxygen atoms in total. The molecule has 0 unspecified atom stereocenters. The zero-order chi connectivity index (χ0) is 18.2. The molecule has 10 heteroatoms. The van der Waals surface area contributed by atoms with E-state index in [-0.39, 0.29) is 6.47 Å². The number of nitrogens with zero attached hydrogens (tertiary/aromatic N) is 5. The number of carbonyl (C=O) groups excluding carboxylic acids is 1. The van der Waals surface area contributed by atoms with Crippen molar-refractivity contribution in [3.8, 4) is 0 Å². The minimum Gasteiger partial charge on any atom is -0.483 e. The van der Waals surface area contributed by atoms with Crippen LogP contribution >= 0.6 is 0 Å². The molecule has 25 heavy (non-hydrogen) atoms. The highest BCUT2D eigenvalue weighted by Crippen LogP contribution is 2.19. The van der Waals surface area contributed by atoms with E-state index in [2.05, 4.69) is 25.1 Å². The number of hydrogen-bond acceptors (Lipinski definition) is 8. The summed E-state index contributed by atoms with van der Waals surface area (Å²) in [6, 6.07) is 3.43. The molecular formula is C15H20N6O4. The molecule has 3 rings (SSSR count). The van der Waals surface area contributed by atoms with Crippen molar-refractivity contribution in [2.24, 2.45) is 5.73 Å². The predicted molar refractivity (Wildman–Crippen MR) is 88.0 cm³/mol. The summed E-state index contributed by atoms with van der Waals surface area (Å²) < 4.78 is 4.72. The number of pyridine rings is 1. The third kappa shape index (κ3) is 4.73. The SMILES string of the molecule is Cc1nonc1CN1CCN(c2ncccc2C(N)=O)CC1.O=CO. The second-order valence-corrected chi connectivity index (χ2v) is 5.40. The van der Waals surface area contributed by atoms with Gasteiger partial charge in [-0.15, -0.1) is 0 Å². The number of primary amides is 1. The van der Waals surface area contributed by atoms with Crippen LogP contribution in [0, 0.1) is 6.92 Å². The van der Waals surface area contributed by atoms with Gasteiger partial charge in [0.15, 0.2) is 0 Å². The molecule has 2 aromatic rings. The summed E-state index contributed by atoms with van der Waals surface area (Å²) >= 11 is 0. The average Bonchev–Trinajstić information content (AvgIpc) is 3.01. The minimum atomic E-state index is -0.449. The molecule has 1 amide bonds. The maximum atomic E-state index is 11.5. The number of aromatic nitrogens is 3. The van der Waals surface area contributed by atoms with Crippen molar-refractivity contribution in [1.29, 1.82) is 0 Å². The lowest BCUT2D eigenvalue weighted by atomic mass is 10.2. The maximum absolute atomic E-state index is 11.5. The molecule has 1 fully saturated rings. The van der Waals surface area contributed by atoms with Crippen molar-refractivity contribution < 1.29 is 19.3 Å². The number of piperazine rings is 1. The molecule has 3 heterocycles. The summed E-state index contributed by atoms with van der Waals surface area (Å²) in [5, 5.41) is 14.6. The van der Waals surface area contributed by atoms with Gasteiger partial charge in [0.25, 0.3) is 12.4 Å². The van der Waals surface area contributed by atoms with Crippen molar-refractivity contribution in [3.63, 3.8) is 0 Å². The van der Waals surface area contributed by atoms with Crippen LogP contribution in [0.15, 0.2) is 23.0 Å². The van der Waals surface area contributed by atoms with Crippen molar-refractivity contribution in [3.05, 3.63) is 35.3 Å². The molecule has 0 saturated carbocycles. The highest BCUT2D eigenvalue weighted by atomic mass is 16.6. The summed E-state index contributed by atoms with van der Waals surface area (Å²) in [6.07, 6.45) is 1.68. The van der Waals surface area contributed by atoms with Crippen LogP contribution in [0.5, 0.6) is 0 Å². The van der Waals surface area contributed by atoms with Crippen LogP contribution < -0.4 is 10.6 Å². The number of nitrogens with two attached hydrogens (primary N) is 1. The van der Waals surface area contributed by atoms with Gasteiger partial charge < -0.3 is 15.7 Å². The first-order valence-electron chi connectivity index (χ1n) is 7.64. The lowest BCUT2D eigenvalue weighted by molar-refractivity contribution is -0.122. The van der Waals surface area contributed by atoms with Crippen molar-refractivity contribution in [1.82, 2.24) is 20.2 Å². The summed E-state index contributed by atoms with van der Waals surface area (Å²) in [5.74, 6) is 0.212. The molecule has 2 aromatic heterocycles. The second kappa shape index (κ2) is 8.73. The Balaban J connectivity index is 0.000000701. The normalized spacial score (nSPS) is 14.5. The Bertz CT molecular complexity index is 712. The Morgan fingerprint density at radius 1 is 1.36 bits per heavy atom. The lowest BCUT2D eigenvalue weighted by Crippen LogP contribution is -2.47. The number of rotatable bonds is 4. The molecule has 0 bridgehead atoms. The second-order valence-electron chi connectivity index (χ2n) is 5.40. The molecule has 0 radical (unpaired) electrons. The standard InChI is InChI=1S/C14H18N6O2.CH2O2/c1-10-12(18-22-17-10)9-19-5-7-20(8-6-19)14-11(13(15)21)3-2-4-16-14;2-1-3/h2-4H,5-9H2,1H3,(H2,15,21);1H,(H,2,3). The van der Waals surface area contributed by atoms with E-state index in [9.17, 15) is 4.79 Å². The van der Waals surface area contributed by atoms with E-state index in [4.69, 9.17) is 20.3 Å². The molecule has 1 aliphatic heterocycles. The van der Waals surface area contributed by atoms with Crippen LogP contribution in [0.4, 0.5) is 5.82 Å².